The lowest BCUT2D eigenvalue weighted by atomic mass is 9.48. The van der Waals surface area contributed by atoms with Crippen LogP contribution in [0.1, 0.15) is 72.0 Å². The number of benzene rings is 1. The average Bonchev–Trinajstić information content (AvgIpc) is 3.44. The molecule has 176 valence electrons. The summed E-state index contributed by atoms with van der Waals surface area (Å²) in [7, 11) is 0. The predicted octanol–water partition coefficient (Wildman–Crippen LogP) is 3.91. The number of rotatable bonds is 6. The third-order valence-electron chi connectivity index (χ3n) is 8.09. The molecular formula is C26H30N6O2. The van der Waals surface area contributed by atoms with E-state index in [1.807, 2.05) is 48.1 Å². The minimum atomic E-state index is -0.663. The summed E-state index contributed by atoms with van der Waals surface area (Å²) in [6, 6.07) is 9.90. The molecule has 0 aliphatic heterocycles. The first-order chi connectivity index (χ1) is 16.4. The summed E-state index contributed by atoms with van der Waals surface area (Å²) in [6.45, 7) is 2.49. The largest absolute Gasteiger partial charge is 0.364 e. The number of carbonyl (C=O) groups is 2. The van der Waals surface area contributed by atoms with Gasteiger partial charge in [-0.3, -0.25) is 14.3 Å². The van der Waals surface area contributed by atoms with Gasteiger partial charge in [0.1, 0.15) is 0 Å². The maximum absolute atomic E-state index is 13.7. The zero-order valence-corrected chi connectivity index (χ0v) is 19.4. The van der Waals surface area contributed by atoms with Crippen molar-refractivity contribution >= 4 is 17.5 Å². The fourth-order valence-electron chi connectivity index (χ4n) is 7.09. The first-order valence-corrected chi connectivity index (χ1v) is 12.3. The van der Waals surface area contributed by atoms with Crippen molar-refractivity contribution in [3.05, 3.63) is 59.7 Å². The molecule has 2 amide bonds. The van der Waals surface area contributed by atoms with E-state index >= 15 is 0 Å². The molecule has 4 bridgehead atoms. The number of aromatic nitrogens is 4. The summed E-state index contributed by atoms with van der Waals surface area (Å²) in [4.78, 5) is 25.6. The second kappa shape index (κ2) is 7.82. The van der Waals surface area contributed by atoms with Crippen molar-refractivity contribution in [1.82, 2.24) is 19.6 Å². The molecule has 3 N–H and O–H groups in total. The van der Waals surface area contributed by atoms with E-state index in [9.17, 15) is 9.59 Å². The van der Waals surface area contributed by atoms with Crippen LogP contribution in [-0.2, 0) is 12.0 Å². The zero-order valence-electron chi connectivity index (χ0n) is 19.4. The van der Waals surface area contributed by atoms with Gasteiger partial charge in [-0.2, -0.15) is 10.2 Å². The second-order valence-electron chi connectivity index (χ2n) is 10.4. The van der Waals surface area contributed by atoms with Crippen LogP contribution < -0.4 is 11.1 Å². The van der Waals surface area contributed by atoms with Gasteiger partial charge in [0.2, 0.25) is 0 Å². The quantitative estimate of drug-likeness (QED) is 0.584. The van der Waals surface area contributed by atoms with Gasteiger partial charge in [-0.1, -0.05) is 18.2 Å². The molecular weight excluding hydrogens is 428 g/mol. The molecule has 3 aromatic rings. The number of hydrogen-bond acceptors (Lipinski definition) is 4. The molecule has 2 heterocycles. The highest BCUT2D eigenvalue weighted by Gasteiger charge is 2.54. The van der Waals surface area contributed by atoms with Crippen LogP contribution in [0.4, 0.5) is 5.69 Å². The number of aryl methyl sites for hydroxylation is 1. The Balaban J connectivity index is 1.42. The number of primary amides is 1. The van der Waals surface area contributed by atoms with E-state index in [4.69, 9.17) is 10.8 Å². The van der Waals surface area contributed by atoms with Crippen molar-refractivity contribution in [2.24, 2.45) is 23.5 Å². The Labute approximate surface area is 198 Å². The van der Waals surface area contributed by atoms with E-state index in [-0.39, 0.29) is 17.0 Å². The van der Waals surface area contributed by atoms with Crippen molar-refractivity contribution in [1.29, 1.82) is 0 Å². The molecule has 7 rings (SSSR count). The van der Waals surface area contributed by atoms with Crippen LogP contribution in [0.2, 0.25) is 0 Å². The molecule has 4 aliphatic carbocycles. The Morgan fingerprint density at radius 3 is 2.26 bits per heavy atom. The number of hydrogen-bond donors (Lipinski definition) is 2. The van der Waals surface area contributed by atoms with E-state index < -0.39 is 5.91 Å². The van der Waals surface area contributed by atoms with Gasteiger partial charge in [-0.05, 0) is 75.3 Å². The van der Waals surface area contributed by atoms with Crippen LogP contribution >= 0.6 is 0 Å². The number of amides is 2. The molecule has 34 heavy (non-hydrogen) atoms. The third kappa shape index (κ3) is 3.43. The van der Waals surface area contributed by atoms with Gasteiger partial charge >= 0.3 is 0 Å². The van der Waals surface area contributed by atoms with Gasteiger partial charge in [0.05, 0.1) is 22.6 Å². The lowest BCUT2D eigenvalue weighted by Crippen LogP contribution is -2.49. The first-order valence-electron chi connectivity index (χ1n) is 12.3. The average molecular weight is 459 g/mol. The van der Waals surface area contributed by atoms with Gasteiger partial charge in [-0.25, -0.2) is 4.68 Å². The van der Waals surface area contributed by atoms with Crippen LogP contribution in [0, 0.1) is 17.8 Å². The summed E-state index contributed by atoms with van der Waals surface area (Å²) in [6.07, 6.45) is 10.8. The molecule has 1 aromatic carbocycles. The lowest BCUT2D eigenvalue weighted by Gasteiger charge is -2.56. The summed E-state index contributed by atoms with van der Waals surface area (Å²) in [5, 5.41) is 12.2. The monoisotopic (exact) mass is 458 g/mol. The highest BCUT2D eigenvalue weighted by molar-refractivity contribution is 6.08. The normalized spacial score (nSPS) is 27.1. The Kier molecular flexibility index (Phi) is 4.86. The van der Waals surface area contributed by atoms with Gasteiger partial charge in [0, 0.05) is 24.4 Å². The Bertz CT molecular complexity index is 1220. The number of carbonyl (C=O) groups excluding carboxylic acids is 2. The van der Waals surface area contributed by atoms with Crippen molar-refractivity contribution in [2.75, 3.05) is 5.32 Å². The van der Waals surface area contributed by atoms with E-state index in [2.05, 4.69) is 10.4 Å². The summed E-state index contributed by atoms with van der Waals surface area (Å²) < 4.78 is 3.43. The molecule has 2 aromatic heterocycles. The molecule has 0 saturated heterocycles. The van der Waals surface area contributed by atoms with Crippen LogP contribution in [0.3, 0.4) is 0 Å². The molecule has 4 fully saturated rings. The summed E-state index contributed by atoms with van der Waals surface area (Å²) in [5.74, 6) is 1.25. The van der Waals surface area contributed by atoms with E-state index in [0.29, 0.717) is 17.8 Å². The van der Waals surface area contributed by atoms with Crippen LogP contribution in [-0.4, -0.2) is 31.4 Å². The smallest absolute Gasteiger partial charge is 0.271 e. The van der Waals surface area contributed by atoms with Gasteiger partial charge in [0.15, 0.2) is 5.69 Å². The summed E-state index contributed by atoms with van der Waals surface area (Å²) in [5.41, 5.74) is 8.28. The number of para-hydroxylation sites is 1. The standard InChI is InChI=1S/C26H30N6O2/c1-2-31-15-21(22(29-31)24(27)33)28-25(34)20-14-32(19-6-4-3-5-7-19)30-23(20)26-11-16-8-17(12-26)10-18(9-16)13-26/h3-7,14-18H,2,8-13H2,1H3,(H2,27,33)(H,28,34). The number of nitrogens with one attached hydrogen (secondary N) is 1. The molecule has 0 unspecified atom stereocenters. The van der Waals surface area contributed by atoms with Crippen molar-refractivity contribution in [2.45, 2.75) is 57.4 Å². The zero-order chi connectivity index (χ0) is 23.4. The Morgan fingerprint density at radius 2 is 1.68 bits per heavy atom. The van der Waals surface area contributed by atoms with Crippen molar-refractivity contribution < 1.29 is 9.59 Å². The Hall–Kier alpha value is -3.42. The highest BCUT2D eigenvalue weighted by Crippen LogP contribution is 2.60. The molecule has 0 atom stereocenters. The maximum atomic E-state index is 13.7. The van der Waals surface area contributed by atoms with E-state index in [0.717, 1.165) is 48.4 Å². The van der Waals surface area contributed by atoms with Crippen LogP contribution in [0.15, 0.2) is 42.7 Å². The van der Waals surface area contributed by atoms with Crippen LogP contribution in [0.5, 0.6) is 0 Å². The maximum Gasteiger partial charge on any atom is 0.271 e. The fraction of sp³-hybridized carbons (Fsp3) is 0.462. The minimum absolute atomic E-state index is 0.0540. The molecule has 8 nitrogen and oxygen atoms in total. The number of nitrogens with zero attached hydrogens (tertiary/aromatic N) is 4. The molecule has 0 spiro atoms. The van der Waals surface area contributed by atoms with E-state index in [1.165, 1.54) is 19.3 Å². The van der Waals surface area contributed by atoms with Crippen molar-refractivity contribution in [3.8, 4) is 5.69 Å². The van der Waals surface area contributed by atoms with Gasteiger partial charge < -0.3 is 11.1 Å². The molecule has 4 aliphatic rings. The SMILES string of the molecule is CCn1cc(NC(=O)c2cn(-c3ccccc3)nc2C23CC4CC(CC(C4)C2)C3)c(C(N)=O)n1. The predicted molar refractivity (Wildman–Crippen MR) is 128 cm³/mol. The fourth-order valence-corrected chi connectivity index (χ4v) is 7.09. The van der Waals surface area contributed by atoms with Gasteiger partial charge in [-0.15, -0.1) is 0 Å². The first kappa shape index (κ1) is 21.1. The molecule has 8 heteroatoms. The number of nitrogens with two attached hydrogens (primary N) is 1. The topological polar surface area (TPSA) is 108 Å². The second-order valence-corrected chi connectivity index (χ2v) is 10.4. The van der Waals surface area contributed by atoms with Crippen LogP contribution in [0.25, 0.3) is 5.69 Å². The molecule has 0 radical (unpaired) electrons. The highest BCUT2D eigenvalue weighted by atomic mass is 16.2. The minimum Gasteiger partial charge on any atom is -0.364 e. The third-order valence-corrected chi connectivity index (χ3v) is 8.09. The van der Waals surface area contributed by atoms with E-state index in [1.54, 1.807) is 10.9 Å². The molecule has 4 saturated carbocycles. The Morgan fingerprint density at radius 1 is 1.03 bits per heavy atom. The van der Waals surface area contributed by atoms with Gasteiger partial charge in [0.25, 0.3) is 11.8 Å². The number of anilines is 1. The van der Waals surface area contributed by atoms with Crippen molar-refractivity contribution in [3.63, 3.8) is 0 Å². The summed E-state index contributed by atoms with van der Waals surface area (Å²) >= 11 is 0. The lowest BCUT2D eigenvalue weighted by molar-refractivity contribution is -0.00765.